The zero-order valence-corrected chi connectivity index (χ0v) is 14.9. The average molecular weight is 345 g/mol. The Labute approximate surface area is 149 Å². The van der Waals surface area contributed by atoms with Gasteiger partial charge in [0.05, 0.1) is 6.42 Å². The number of fused-ring (bicyclic) bond motifs is 1. The van der Waals surface area contributed by atoms with Gasteiger partial charge >= 0.3 is 0 Å². The highest BCUT2D eigenvalue weighted by atomic mass is 16.5. The summed E-state index contributed by atoms with van der Waals surface area (Å²) in [5, 5.41) is 0. The van der Waals surface area contributed by atoms with Crippen LogP contribution >= 0.6 is 0 Å². The molecule has 2 unspecified atom stereocenters. The van der Waals surface area contributed by atoms with E-state index in [0.29, 0.717) is 25.4 Å². The normalized spacial score (nSPS) is 23.5. The fourth-order valence-corrected chi connectivity index (χ4v) is 4.04. The third-order valence-electron chi connectivity index (χ3n) is 5.32. The third-order valence-corrected chi connectivity index (χ3v) is 5.32. The van der Waals surface area contributed by atoms with Crippen LogP contribution < -0.4 is 0 Å². The molecule has 0 spiro atoms. The lowest BCUT2D eigenvalue weighted by Crippen LogP contribution is -2.57. The molecule has 2 aliphatic heterocycles. The van der Waals surface area contributed by atoms with E-state index in [1.807, 2.05) is 21.9 Å². The van der Waals surface area contributed by atoms with Gasteiger partial charge in [0.15, 0.2) is 0 Å². The van der Waals surface area contributed by atoms with E-state index in [4.69, 9.17) is 4.74 Å². The van der Waals surface area contributed by atoms with Crippen molar-refractivity contribution < 1.29 is 14.3 Å². The Morgan fingerprint density at radius 1 is 1.40 bits per heavy atom. The van der Waals surface area contributed by atoms with Crippen LogP contribution in [0.5, 0.6) is 0 Å². The van der Waals surface area contributed by atoms with E-state index >= 15 is 0 Å². The summed E-state index contributed by atoms with van der Waals surface area (Å²) in [6.45, 7) is 2.93. The number of ether oxygens (including phenoxy) is 1. The van der Waals surface area contributed by atoms with Crippen molar-refractivity contribution in [2.75, 3.05) is 33.4 Å². The Hall–Kier alpha value is -1.95. The van der Waals surface area contributed by atoms with E-state index in [1.54, 1.807) is 19.5 Å². The highest BCUT2D eigenvalue weighted by Gasteiger charge is 2.39. The monoisotopic (exact) mass is 345 g/mol. The quantitative estimate of drug-likeness (QED) is 0.733. The molecule has 2 fully saturated rings. The number of amides is 2. The maximum Gasteiger partial charge on any atom is 0.227 e. The molecule has 3 heterocycles. The zero-order valence-electron chi connectivity index (χ0n) is 14.9. The molecule has 6 nitrogen and oxygen atoms in total. The molecule has 136 valence electrons. The van der Waals surface area contributed by atoms with Crippen LogP contribution in [0.15, 0.2) is 24.5 Å². The van der Waals surface area contributed by atoms with Crippen molar-refractivity contribution in [3.05, 3.63) is 30.1 Å². The van der Waals surface area contributed by atoms with E-state index in [9.17, 15) is 9.59 Å². The molecule has 0 bridgehead atoms. The van der Waals surface area contributed by atoms with Crippen molar-refractivity contribution in [3.8, 4) is 0 Å². The molecule has 2 saturated heterocycles. The molecule has 6 heteroatoms. The number of hydrogen-bond donors (Lipinski definition) is 0. The second-order valence-corrected chi connectivity index (χ2v) is 6.97. The number of carbonyl (C=O) groups excluding carboxylic acids is 2. The molecular formula is C19H27N3O3. The fraction of sp³-hybridized carbons (Fsp3) is 0.632. The topological polar surface area (TPSA) is 62.7 Å². The lowest BCUT2D eigenvalue weighted by atomic mass is 9.83. The molecule has 1 aromatic rings. The third kappa shape index (κ3) is 4.37. The summed E-state index contributed by atoms with van der Waals surface area (Å²) in [6, 6.07) is 4.08. The first-order chi connectivity index (χ1) is 12.2. The maximum atomic E-state index is 12.6. The highest BCUT2D eigenvalue weighted by Crippen LogP contribution is 2.31. The van der Waals surface area contributed by atoms with Gasteiger partial charge in [0.2, 0.25) is 11.8 Å². The van der Waals surface area contributed by atoms with E-state index in [-0.39, 0.29) is 17.9 Å². The molecule has 0 radical (unpaired) electrons. The molecule has 25 heavy (non-hydrogen) atoms. The Morgan fingerprint density at radius 2 is 2.28 bits per heavy atom. The number of hydrogen-bond acceptors (Lipinski definition) is 4. The van der Waals surface area contributed by atoms with Crippen LogP contribution in [0.2, 0.25) is 0 Å². The number of methoxy groups -OCH3 is 1. The molecule has 2 amide bonds. The smallest absolute Gasteiger partial charge is 0.227 e. The summed E-state index contributed by atoms with van der Waals surface area (Å²) in [5.74, 6) is 0.814. The number of nitrogens with zero attached hydrogens (tertiary/aromatic N) is 3. The van der Waals surface area contributed by atoms with Crippen molar-refractivity contribution in [1.29, 1.82) is 0 Å². The van der Waals surface area contributed by atoms with Crippen LogP contribution in [-0.4, -0.2) is 66.0 Å². The molecule has 3 rings (SSSR count). The Kier molecular flexibility index (Phi) is 6.02. The van der Waals surface area contributed by atoms with E-state index < -0.39 is 0 Å². The first-order valence-corrected chi connectivity index (χ1v) is 9.14. The second kappa shape index (κ2) is 8.43. The minimum Gasteiger partial charge on any atom is -0.385 e. The van der Waals surface area contributed by atoms with Crippen LogP contribution in [-0.2, 0) is 20.7 Å². The standard InChI is InChI=1S/C19H27N3O3/c1-25-11-3-9-22-17-7-10-21(14-16(17)5-6-18(22)23)19(24)12-15-4-2-8-20-13-15/h2,4,8,13,16-17H,3,5-7,9-12,14H2,1H3. The number of pyridine rings is 1. The van der Waals surface area contributed by atoms with Crippen molar-refractivity contribution in [2.45, 2.75) is 38.1 Å². The number of rotatable bonds is 6. The number of likely N-dealkylation sites (tertiary alicyclic amines) is 2. The first-order valence-electron chi connectivity index (χ1n) is 9.14. The van der Waals surface area contributed by atoms with Gasteiger partial charge < -0.3 is 14.5 Å². The largest absolute Gasteiger partial charge is 0.385 e. The SMILES string of the molecule is COCCCN1C(=O)CCC2CN(C(=O)Cc3cccnc3)CCC21. The summed E-state index contributed by atoms with van der Waals surface area (Å²) in [6.07, 6.45) is 7.11. The van der Waals surface area contributed by atoms with Crippen LogP contribution in [0.3, 0.4) is 0 Å². The van der Waals surface area contributed by atoms with Crippen molar-refractivity contribution in [1.82, 2.24) is 14.8 Å². The Bertz CT molecular complexity index is 593. The molecule has 2 aliphatic rings. The van der Waals surface area contributed by atoms with Gasteiger partial charge in [-0.1, -0.05) is 6.07 Å². The predicted molar refractivity (Wildman–Crippen MR) is 93.9 cm³/mol. The van der Waals surface area contributed by atoms with Crippen LogP contribution in [0.1, 0.15) is 31.2 Å². The highest BCUT2D eigenvalue weighted by molar-refractivity contribution is 5.79. The van der Waals surface area contributed by atoms with E-state index in [1.165, 1.54) is 0 Å². The molecule has 0 aromatic carbocycles. The average Bonchev–Trinajstić information content (AvgIpc) is 2.64. The van der Waals surface area contributed by atoms with Gasteiger partial charge in [-0.3, -0.25) is 14.6 Å². The minimum absolute atomic E-state index is 0.161. The molecular weight excluding hydrogens is 318 g/mol. The maximum absolute atomic E-state index is 12.6. The van der Waals surface area contributed by atoms with Gasteiger partial charge in [-0.15, -0.1) is 0 Å². The summed E-state index contributed by atoms with van der Waals surface area (Å²) < 4.78 is 5.11. The van der Waals surface area contributed by atoms with Crippen LogP contribution in [0, 0.1) is 5.92 Å². The zero-order chi connectivity index (χ0) is 17.6. The molecule has 0 aliphatic carbocycles. The lowest BCUT2D eigenvalue weighted by molar-refractivity contribution is -0.144. The van der Waals surface area contributed by atoms with Gasteiger partial charge in [-0.05, 0) is 36.8 Å². The van der Waals surface area contributed by atoms with Gasteiger partial charge in [-0.25, -0.2) is 0 Å². The summed E-state index contributed by atoms with van der Waals surface area (Å²) in [5.41, 5.74) is 0.953. The van der Waals surface area contributed by atoms with Gasteiger partial charge in [0.1, 0.15) is 0 Å². The van der Waals surface area contributed by atoms with Crippen molar-refractivity contribution in [3.63, 3.8) is 0 Å². The number of carbonyl (C=O) groups is 2. The predicted octanol–water partition coefficient (Wildman–Crippen LogP) is 1.50. The van der Waals surface area contributed by atoms with Crippen molar-refractivity contribution in [2.24, 2.45) is 5.92 Å². The van der Waals surface area contributed by atoms with Gasteiger partial charge in [0.25, 0.3) is 0 Å². The Balaban J connectivity index is 1.57. The van der Waals surface area contributed by atoms with Gasteiger partial charge in [0, 0.05) is 58.2 Å². The van der Waals surface area contributed by atoms with Crippen LogP contribution in [0.4, 0.5) is 0 Å². The summed E-state index contributed by atoms with van der Waals surface area (Å²) >= 11 is 0. The number of aromatic nitrogens is 1. The van der Waals surface area contributed by atoms with E-state index in [0.717, 1.165) is 44.5 Å². The van der Waals surface area contributed by atoms with Crippen LogP contribution in [0.25, 0.3) is 0 Å². The lowest BCUT2D eigenvalue weighted by Gasteiger charge is -2.47. The summed E-state index contributed by atoms with van der Waals surface area (Å²) in [7, 11) is 1.69. The molecule has 2 atom stereocenters. The molecule has 0 saturated carbocycles. The first kappa shape index (κ1) is 17.9. The van der Waals surface area contributed by atoms with Gasteiger partial charge in [-0.2, -0.15) is 0 Å². The number of piperidine rings is 2. The Morgan fingerprint density at radius 3 is 3.04 bits per heavy atom. The van der Waals surface area contributed by atoms with Crippen molar-refractivity contribution >= 4 is 11.8 Å². The van der Waals surface area contributed by atoms with E-state index in [2.05, 4.69) is 4.98 Å². The molecule has 0 N–H and O–H groups in total. The second-order valence-electron chi connectivity index (χ2n) is 6.97. The molecule has 1 aromatic heterocycles. The summed E-state index contributed by atoms with van der Waals surface area (Å²) in [4.78, 5) is 33.0. The minimum atomic E-state index is 0.161. The fourth-order valence-electron chi connectivity index (χ4n) is 4.04.